The highest BCUT2D eigenvalue weighted by atomic mass is 32.2. The molecule has 1 aromatic carbocycles. The lowest BCUT2D eigenvalue weighted by atomic mass is 9.96. The maximum absolute atomic E-state index is 11.8. The molecule has 1 fully saturated rings. The molecule has 1 saturated heterocycles. The molecule has 0 amide bonds. The Morgan fingerprint density at radius 3 is 2.61 bits per heavy atom. The molecular formula is C22H25N3O2S. The van der Waals surface area contributed by atoms with Crippen molar-refractivity contribution in [1.82, 2.24) is 9.29 Å². The fourth-order valence-electron chi connectivity index (χ4n) is 3.72. The van der Waals surface area contributed by atoms with Crippen molar-refractivity contribution in [2.75, 3.05) is 30.8 Å². The van der Waals surface area contributed by atoms with E-state index in [1.54, 1.807) is 4.31 Å². The Morgan fingerprint density at radius 1 is 1.07 bits per heavy atom. The fourth-order valence-corrected chi connectivity index (χ4v) is 4.52. The highest BCUT2D eigenvalue weighted by molar-refractivity contribution is 7.88. The molecule has 3 heterocycles. The largest absolute Gasteiger partial charge is 0.344 e. The SMILES string of the molecule is Cc1ccc(-c2cc(N3C=C4CCN(S(C)(=O)=O)CC4=CC3)ccc2C)nc1. The van der Waals surface area contributed by atoms with Crippen LogP contribution in [0.15, 0.2) is 60.0 Å². The second kappa shape index (κ2) is 7.18. The number of piperidine rings is 1. The summed E-state index contributed by atoms with van der Waals surface area (Å²) in [6.45, 7) is 5.90. The third kappa shape index (κ3) is 3.75. The van der Waals surface area contributed by atoms with Gasteiger partial charge in [0.05, 0.1) is 11.9 Å². The lowest BCUT2D eigenvalue weighted by molar-refractivity contribution is 0.423. The van der Waals surface area contributed by atoms with Gasteiger partial charge in [0, 0.05) is 43.3 Å². The van der Waals surface area contributed by atoms with Crippen molar-refractivity contribution in [3.8, 4) is 11.3 Å². The molecule has 4 rings (SSSR count). The summed E-state index contributed by atoms with van der Waals surface area (Å²) in [5.41, 5.74) is 7.93. The first-order valence-electron chi connectivity index (χ1n) is 9.47. The van der Waals surface area contributed by atoms with E-state index in [1.165, 1.54) is 17.4 Å². The number of fused-ring (bicyclic) bond motifs is 1. The maximum Gasteiger partial charge on any atom is 0.211 e. The van der Waals surface area contributed by atoms with Gasteiger partial charge in [0.25, 0.3) is 0 Å². The molecule has 146 valence electrons. The van der Waals surface area contributed by atoms with Gasteiger partial charge in [0.1, 0.15) is 0 Å². The van der Waals surface area contributed by atoms with Gasteiger partial charge in [0.15, 0.2) is 0 Å². The van der Waals surface area contributed by atoms with Crippen molar-refractivity contribution in [2.45, 2.75) is 20.3 Å². The lowest BCUT2D eigenvalue weighted by Crippen LogP contribution is -2.38. The number of anilines is 1. The van der Waals surface area contributed by atoms with E-state index in [2.05, 4.69) is 59.4 Å². The van der Waals surface area contributed by atoms with Crippen LogP contribution < -0.4 is 4.90 Å². The highest BCUT2D eigenvalue weighted by Crippen LogP contribution is 2.32. The van der Waals surface area contributed by atoms with E-state index in [0.29, 0.717) is 13.1 Å². The lowest BCUT2D eigenvalue weighted by Gasteiger charge is -2.34. The molecule has 0 spiro atoms. The van der Waals surface area contributed by atoms with Gasteiger partial charge in [-0.3, -0.25) is 4.98 Å². The van der Waals surface area contributed by atoms with E-state index in [4.69, 9.17) is 0 Å². The Labute approximate surface area is 167 Å². The molecule has 2 aliphatic rings. The van der Waals surface area contributed by atoms with Crippen molar-refractivity contribution >= 4 is 15.7 Å². The third-order valence-corrected chi connectivity index (χ3v) is 6.69. The molecule has 0 atom stereocenters. The molecule has 5 nitrogen and oxygen atoms in total. The predicted octanol–water partition coefficient (Wildman–Crippen LogP) is 3.66. The first-order valence-corrected chi connectivity index (χ1v) is 11.3. The second-order valence-electron chi connectivity index (χ2n) is 7.60. The van der Waals surface area contributed by atoms with Crippen LogP contribution in [0.3, 0.4) is 0 Å². The van der Waals surface area contributed by atoms with Crippen LogP contribution in [0.4, 0.5) is 5.69 Å². The quantitative estimate of drug-likeness (QED) is 0.796. The van der Waals surface area contributed by atoms with Gasteiger partial charge in [0.2, 0.25) is 10.0 Å². The molecular weight excluding hydrogens is 370 g/mol. The van der Waals surface area contributed by atoms with Crippen LogP contribution in [0.1, 0.15) is 17.5 Å². The molecule has 0 N–H and O–H groups in total. The predicted molar refractivity (Wildman–Crippen MR) is 114 cm³/mol. The number of aryl methyl sites for hydroxylation is 2. The van der Waals surface area contributed by atoms with Crippen LogP contribution in [0.25, 0.3) is 11.3 Å². The Bertz CT molecular complexity index is 1070. The number of hydrogen-bond donors (Lipinski definition) is 0. The van der Waals surface area contributed by atoms with Crippen LogP contribution in [0, 0.1) is 13.8 Å². The Balaban J connectivity index is 1.60. The van der Waals surface area contributed by atoms with Crippen molar-refractivity contribution < 1.29 is 8.42 Å². The molecule has 0 bridgehead atoms. The van der Waals surface area contributed by atoms with Crippen LogP contribution in [-0.2, 0) is 10.0 Å². The zero-order valence-electron chi connectivity index (χ0n) is 16.5. The summed E-state index contributed by atoms with van der Waals surface area (Å²) in [5, 5.41) is 0. The van der Waals surface area contributed by atoms with Crippen LogP contribution in [-0.4, -0.2) is 43.6 Å². The van der Waals surface area contributed by atoms with E-state index < -0.39 is 10.0 Å². The van der Waals surface area contributed by atoms with E-state index in [0.717, 1.165) is 41.0 Å². The summed E-state index contributed by atoms with van der Waals surface area (Å²) < 4.78 is 25.2. The molecule has 0 aliphatic carbocycles. The molecule has 0 radical (unpaired) electrons. The molecule has 0 saturated carbocycles. The van der Waals surface area contributed by atoms with Crippen molar-refractivity contribution in [2.24, 2.45) is 0 Å². The number of pyridine rings is 1. The van der Waals surface area contributed by atoms with Crippen LogP contribution in [0.2, 0.25) is 0 Å². The minimum atomic E-state index is -3.14. The zero-order chi connectivity index (χ0) is 19.9. The molecule has 1 aromatic heterocycles. The number of rotatable bonds is 3. The molecule has 6 heteroatoms. The third-order valence-electron chi connectivity index (χ3n) is 5.44. The van der Waals surface area contributed by atoms with Crippen LogP contribution >= 0.6 is 0 Å². The number of sulfonamides is 1. The minimum absolute atomic E-state index is 0.477. The number of benzene rings is 1. The van der Waals surface area contributed by atoms with E-state index in [-0.39, 0.29) is 0 Å². The highest BCUT2D eigenvalue weighted by Gasteiger charge is 2.27. The van der Waals surface area contributed by atoms with Gasteiger partial charge in [-0.2, -0.15) is 4.31 Å². The molecule has 2 aliphatic heterocycles. The van der Waals surface area contributed by atoms with E-state index in [9.17, 15) is 8.42 Å². The standard InChI is InChI=1S/C22H25N3O2S/c1-16-4-7-22(23-13-16)21-12-20(6-5-17(21)2)24-10-8-19-15-25(28(3,26)27)11-9-18(19)14-24/h4-8,12-14H,9-11,15H2,1-3H3. The van der Waals surface area contributed by atoms with E-state index in [1.807, 2.05) is 13.1 Å². The summed E-state index contributed by atoms with van der Waals surface area (Å²) in [7, 11) is -3.14. The summed E-state index contributed by atoms with van der Waals surface area (Å²) in [6.07, 6.45) is 8.25. The zero-order valence-corrected chi connectivity index (χ0v) is 17.3. The molecule has 2 aromatic rings. The molecule has 28 heavy (non-hydrogen) atoms. The monoisotopic (exact) mass is 395 g/mol. The Hall–Kier alpha value is -2.44. The summed E-state index contributed by atoms with van der Waals surface area (Å²) in [5.74, 6) is 0. The second-order valence-corrected chi connectivity index (χ2v) is 9.59. The summed E-state index contributed by atoms with van der Waals surface area (Å²) >= 11 is 0. The van der Waals surface area contributed by atoms with Crippen LogP contribution in [0.5, 0.6) is 0 Å². The number of aromatic nitrogens is 1. The van der Waals surface area contributed by atoms with Gasteiger partial charge >= 0.3 is 0 Å². The first-order chi connectivity index (χ1) is 13.3. The minimum Gasteiger partial charge on any atom is -0.344 e. The summed E-state index contributed by atoms with van der Waals surface area (Å²) in [4.78, 5) is 6.81. The first kappa shape index (κ1) is 18.9. The number of nitrogens with zero attached hydrogens (tertiary/aromatic N) is 3. The smallest absolute Gasteiger partial charge is 0.211 e. The normalized spacial score (nSPS) is 17.8. The average Bonchev–Trinajstić information content (AvgIpc) is 2.67. The summed E-state index contributed by atoms with van der Waals surface area (Å²) in [6, 6.07) is 10.6. The van der Waals surface area contributed by atoms with Gasteiger partial charge in [-0.05, 0) is 60.7 Å². The van der Waals surface area contributed by atoms with Crippen molar-refractivity contribution in [3.05, 3.63) is 71.1 Å². The van der Waals surface area contributed by atoms with Gasteiger partial charge in [-0.1, -0.05) is 18.2 Å². The Morgan fingerprint density at radius 2 is 1.89 bits per heavy atom. The average molecular weight is 396 g/mol. The van der Waals surface area contributed by atoms with E-state index >= 15 is 0 Å². The van der Waals surface area contributed by atoms with Gasteiger partial charge in [-0.25, -0.2) is 8.42 Å². The van der Waals surface area contributed by atoms with Crippen molar-refractivity contribution in [3.63, 3.8) is 0 Å². The van der Waals surface area contributed by atoms with Crippen molar-refractivity contribution in [1.29, 1.82) is 0 Å². The van der Waals surface area contributed by atoms with Gasteiger partial charge in [-0.15, -0.1) is 0 Å². The topological polar surface area (TPSA) is 53.5 Å². The van der Waals surface area contributed by atoms with Gasteiger partial charge < -0.3 is 4.90 Å². The Kier molecular flexibility index (Phi) is 4.85. The number of hydrogen-bond acceptors (Lipinski definition) is 4. The fraction of sp³-hybridized carbons (Fsp3) is 0.318. The maximum atomic E-state index is 11.8. The molecule has 0 unspecified atom stereocenters.